The maximum atomic E-state index is 13.9. The Labute approximate surface area is 566 Å². The van der Waals surface area contributed by atoms with Gasteiger partial charge in [-0.05, 0) is 69.6 Å². The molecule has 6 unspecified atom stereocenters. The molecule has 3 fully saturated rings. The quantitative estimate of drug-likeness (QED) is 0.0342. The van der Waals surface area contributed by atoms with Gasteiger partial charge < -0.3 is 99.2 Å². The maximum Gasteiger partial charge on any atom is 0.220 e. The van der Waals surface area contributed by atoms with Crippen molar-refractivity contribution >= 4 is 29.2 Å². The molecule has 95 heavy (non-hydrogen) atoms. The van der Waals surface area contributed by atoms with Crippen LogP contribution in [0.5, 0.6) is 0 Å². The largest absolute Gasteiger partial charge is 0.394 e. The fourth-order valence-electron chi connectivity index (χ4n) is 11.9. The average Bonchev–Trinajstić information content (AvgIpc) is 0.857. The Morgan fingerprint density at radius 1 is 0.379 bits per heavy atom. The zero-order valence-electron chi connectivity index (χ0n) is 58.6. The number of aliphatic hydroxyl groups excluding tert-OH is 9. The number of carbonyl (C=O) groups is 5. The van der Waals surface area contributed by atoms with Gasteiger partial charge in [-0.2, -0.15) is 0 Å². The lowest BCUT2D eigenvalue weighted by molar-refractivity contribution is -0.282. The lowest BCUT2D eigenvalue weighted by atomic mass is 9.89. The molecule has 3 heterocycles. The first kappa shape index (κ1) is 86.5. The number of Topliss-reactive ketones (excluding diaryl/α,β-unsaturated/α-hetero) is 3. The van der Waals surface area contributed by atoms with E-state index in [0.29, 0.717) is 70.3 Å². The van der Waals surface area contributed by atoms with E-state index < -0.39 is 117 Å². The van der Waals surface area contributed by atoms with Crippen LogP contribution in [0.25, 0.3) is 0 Å². The van der Waals surface area contributed by atoms with Crippen molar-refractivity contribution in [1.29, 1.82) is 0 Å². The summed E-state index contributed by atoms with van der Waals surface area (Å²) in [5, 5.41) is 96.0. The predicted octanol–water partition coefficient (Wildman–Crippen LogP) is 5.35. The van der Waals surface area contributed by atoms with Crippen LogP contribution in [0.15, 0.2) is 0 Å². The van der Waals surface area contributed by atoms with Crippen LogP contribution in [-0.2, 0) is 66.6 Å². The van der Waals surface area contributed by atoms with Crippen molar-refractivity contribution in [2.45, 2.75) is 307 Å². The van der Waals surface area contributed by atoms with Gasteiger partial charge in [-0.25, -0.2) is 0 Å². The number of unbranched alkanes of at least 4 members (excludes halogenated alkanes) is 15. The second-order valence-electron chi connectivity index (χ2n) is 28.1. The molecule has 2 amide bonds. The van der Waals surface area contributed by atoms with Crippen LogP contribution in [0.4, 0.5) is 0 Å². The van der Waals surface area contributed by atoms with Crippen molar-refractivity contribution in [3.05, 3.63) is 0 Å². The Kier molecular flexibility index (Phi) is 45.2. The Morgan fingerprint density at radius 3 is 1.16 bits per heavy atom. The van der Waals surface area contributed by atoms with Crippen LogP contribution < -0.4 is 10.6 Å². The molecule has 25 heteroatoms. The third kappa shape index (κ3) is 35.9. The van der Waals surface area contributed by atoms with Crippen LogP contribution in [0.2, 0.25) is 0 Å². The Hall–Kier alpha value is -2.77. The summed E-state index contributed by atoms with van der Waals surface area (Å²) >= 11 is 0. The standard InChI is InChI=1S/C70H128N2O23/c1-49-60(81)63(84)55(43-73)93-66(49)90-37-23-15-7-10-18-27-52(76)32-40-88-47-70(72-59(80)31-26-30-58(79)71-36-22-14-13-21-34-69(4,5)6,35-42-87-46-54(78)29-20-12-9-17-25-39-92-68-51(3)62(83)65(86)57(45-75)95-68)48-89-41-33-53(77)28-19-11-8-16-24-38-91-67-50(2)61(82)64(85)56(44-74)94-67/h49-51,55-57,60-68,73-75,81-86H,7-48H2,1-6H3,(H,71,79)(H,72,80)/t49?,50?,51?,55?,56?,57?,60-,61-,62-,63+,64+,65+,66-,67-,68-,70?/m1/s1. The summed E-state index contributed by atoms with van der Waals surface area (Å²) in [4.78, 5) is 66.1. The van der Waals surface area contributed by atoms with Crippen LogP contribution in [0.1, 0.15) is 228 Å². The van der Waals surface area contributed by atoms with Gasteiger partial charge in [0.15, 0.2) is 24.7 Å². The second-order valence-corrected chi connectivity index (χ2v) is 28.1. The smallest absolute Gasteiger partial charge is 0.220 e. The Morgan fingerprint density at radius 2 is 0.747 bits per heavy atom. The van der Waals surface area contributed by atoms with E-state index in [2.05, 4.69) is 31.4 Å². The highest BCUT2D eigenvalue weighted by molar-refractivity contribution is 5.80. The third-order valence-corrected chi connectivity index (χ3v) is 18.4. The zero-order valence-corrected chi connectivity index (χ0v) is 58.6. The number of ketones is 3. The van der Waals surface area contributed by atoms with Crippen molar-refractivity contribution < 1.29 is 113 Å². The minimum Gasteiger partial charge on any atom is -0.394 e. The van der Waals surface area contributed by atoms with Gasteiger partial charge in [-0.3, -0.25) is 24.0 Å². The summed E-state index contributed by atoms with van der Waals surface area (Å²) < 4.78 is 52.8. The molecule has 556 valence electrons. The van der Waals surface area contributed by atoms with Gasteiger partial charge >= 0.3 is 0 Å². The zero-order chi connectivity index (χ0) is 70.0. The number of hydrogen-bond acceptors (Lipinski definition) is 23. The summed E-state index contributed by atoms with van der Waals surface area (Å²) in [6, 6.07) is 0. The lowest BCUT2D eigenvalue weighted by Crippen LogP contribution is -2.56. The summed E-state index contributed by atoms with van der Waals surface area (Å²) in [7, 11) is 0. The highest BCUT2D eigenvalue weighted by Gasteiger charge is 2.45. The van der Waals surface area contributed by atoms with E-state index in [1.54, 1.807) is 20.8 Å². The average molecular weight is 1370 g/mol. The minimum atomic E-state index is -1.20. The van der Waals surface area contributed by atoms with E-state index in [9.17, 15) is 69.9 Å². The van der Waals surface area contributed by atoms with E-state index in [-0.39, 0.29) is 107 Å². The number of amides is 2. The van der Waals surface area contributed by atoms with Gasteiger partial charge in [0.2, 0.25) is 11.8 Å². The fraction of sp³-hybridized carbons (Fsp3) is 0.929. The molecule has 3 rings (SSSR count). The number of ether oxygens (including phenoxy) is 9. The molecule has 25 nitrogen and oxygen atoms in total. The number of rotatable bonds is 56. The second kappa shape index (κ2) is 49.7. The molecule has 3 aliphatic heterocycles. The number of hydrogen-bond donors (Lipinski definition) is 11. The Balaban J connectivity index is 1.55. The third-order valence-electron chi connectivity index (χ3n) is 18.4. The van der Waals surface area contributed by atoms with E-state index in [1.807, 2.05) is 0 Å². The van der Waals surface area contributed by atoms with Crippen LogP contribution in [-0.4, -0.2) is 240 Å². The molecule has 0 aromatic rings. The van der Waals surface area contributed by atoms with Gasteiger partial charge in [0, 0.05) is 95.7 Å². The molecule has 0 aromatic heterocycles. The van der Waals surface area contributed by atoms with Crippen LogP contribution in [0.3, 0.4) is 0 Å². The monoisotopic (exact) mass is 1360 g/mol. The van der Waals surface area contributed by atoms with Crippen molar-refractivity contribution in [2.24, 2.45) is 23.2 Å². The van der Waals surface area contributed by atoms with Gasteiger partial charge in [0.25, 0.3) is 0 Å². The first-order chi connectivity index (χ1) is 45.5. The molecule has 0 radical (unpaired) electrons. The molecule has 11 N–H and O–H groups in total. The van der Waals surface area contributed by atoms with E-state index >= 15 is 0 Å². The highest BCUT2D eigenvalue weighted by Crippen LogP contribution is 2.30. The lowest BCUT2D eigenvalue weighted by Gasteiger charge is -2.40. The van der Waals surface area contributed by atoms with E-state index in [1.165, 1.54) is 0 Å². The molecular formula is C70H128N2O23. The summed E-state index contributed by atoms with van der Waals surface area (Å²) in [5.41, 5.74) is -0.911. The number of aliphatic hydroxyl groups is 9. The summed E-state index contributed by atoms with van der Waals surface area (Å²) in [5.74, 6) is -1.93. The molecule has 0 bridgehead atoms. The Bertz CT molecular complexity index is 1870. The predicted molar refractivity (Wildman–Crippen MR) is 353 cm³/mol. The topological polar surface area (TPSA) is 375 Å². The van der Waals surface area contributed by atoms with Gasteiger partial charge in [0.1, 0.15) is 54.8 Å². The van der Waals surface area contributed by atoms with Gasteiger partial charge in [0.05, 0.1) is 70.1 Å². The first-order valence-electron chi connectivity index (χ1n) is 36.0. The minimum absolute atomic E-state index is 0.0190. The summed E-state index contributed by atoms with van der Waals surface area (Å²) in [6.45, 7) is 12.1. The molecular weight excluding hydrogens is 1240 g/mol. The number of carbonyl (C=O) groups excluding carboxylic acids is 5. The number of nitrogens with one attached hydrogen (secondary N) is 2. The molecule has 0 aliphatic carbocycles. The molecule has 15 atom stereocenters. The normalized spacial score (nSPS) is 27.1. The molecule has 3 saturated heterocycles. The van der Waals surface area contributed by atoms with Crippen molar-refractivity contribution in [2.75, 3.05) is 85.8 Å². The van der Waals surface area contributed by atoms with E-state index in [0.717, 1.165) is 109 Å². The highest BCUT2D eigenvalue weighted by atomic mass is 16.7. The SMILES string of the molecule is CC1[C@H](OCCCCCCCC(=O)CCOCC(CCOCC(=O)CCCCCCCO[C@@H]2OC(CO)[C@H](O)[C@H](O)C2C)(COCCC(=O)CCCCCCCO[C@@H]2OC(CO)[C@H](O)[C@H](O)C2C)NC(=O)CCCC(=O)NCCCCCCC(C)(C)C)OC(CO)[C@H](O)[C@@H]1O. The maximum absolute atomic E-state index is 13.9. The van der Waals surface area contributed by atoms with Gasteiger partial charge in [-0.1, -0.05) is 119 Å². The molecule has 0 spiro atoms. The van der Waals surface area contributed by atoms with Gasteiger partial charge in [-0.15, -0.1) is 0 Å². The van der Waals surface area contributed by atoms with Crippen molar-refractivity contribution in [3.8, 4) is 0 Å². The van der Waals surface area contributed by atoms with Crippen molar-refractivity contribution in [3.63, 3.8) is 0 Å². The van der Waals surface area contributed by atoms with Crippen LogP contribution >= 0.6 is 0 Å². The fourth-order valence-corrected chi connectivity index (χ4v) is 11.9. The molecule has 0 saturated carbocycles. The molecule has 0 aromatic carbocycles. The van der Waals surface area contributed by atoms with Crippen molar-refractivity contribution in [1.82, 2.24) is 10.6 Å². The van der Waals surface area contributed by atoms with E-state index in [4.69, 9.17) is 42.6 Å². The first-order valence-corrected chi connectivity index (χ1v) is 36.0. The molecule has 3 aliphatic rings. The van der Waals surface area contributed by atoms with Crippen LogP contribution in [0, 0.1) is 23.2 Å². The summed E-state index contributed by atoms with van der Waals surface area (Å²) in [6.07, 6.45) is 7.17.